The third kappa shape index (κ3) is 2.95. The zero-order valence-corrected chi connectivity index (χ0v) is 12.5. The van der Waals surface area contributed by atoms with Gasteiger partial charge in [0.05, 0.1) is 24.9 Å². The Bertz CT molecular complexity index is 303. The summed E-state index contributed by atoms with van der Waals surface area (Å²) >= 11 is 0. The molecule has 1 saturated heterocycles. The first-order valence-corrected chi connectivity index (χ1v) is 7.80. The maximum absolute atomic E-state index is 12.6. The Morgan fingerprint density at radius 3 is 2.58 bits per heavy atom. The summed E-state index contributed by atoms with van der Waals surface area (Å²) in [5, 5.41) is 3.58. The van der Waals surface area contributed by atoms with E-state index in [1.54, 1.807) is 7.11 Å². The lowest BCUT2D eigenvalue weighted by Crippen LogP contribution is -2.49. The lowest BCUT2D eigenvalue weighted by Gasteiger charge is -2.35. The number of carbonyl (C=O) groups is 1. The highest BCUT2D eigenvalue weighted by molar-refractivity contribution is 5.84. The second-order valence-corrected chi connectivity index (χ2v) is 5.88. The highest BCUT2D eigenvalue weighted by Gasteiger charge is 2.44. The van der Waals surface area contributed by atoms with E-state index in [9.17, 15) is 4.79 Å². The molecule has 0 bridgehead atoms. The predicted molar refractivity (Wildman–Crippen MR) is 75.8 cm³/mol. The average Bonchev–Trinajstić information content (AvgIpc) is 3.04. The molecule has 0 spiro atoms. The van der Waals surface area contributed by atoms with Gasteiger partial charge in [-0.05, 0) is 31.6 Å². The zero-order valence-electron chi connectivity index (χ0n) is 12.5. The van der Waals surface area contributed by atoms with Gasteiger partial charge in [-0.1, -0.05) is 26.7 Å². The Labute approximate surface area is 116 Å². The molecule has 1 N–H and O–H groups in total. The Morgan fingerprint density at radius 2 is 2.05 bits per heavy atom. The van der Waals surface area contributed by atoms with Crippen molar-refractivity contribution in [2.24, 2.45) is 5.92 Å². The maximum Gasteiger partial charge on any atom is 0.241 e. The van der Waals surface area contributed by atoms with Crippen LogP contribution >= 0.6 is 0 Å². The molecular weight excluding hydrogens is 240 g/mol. The van der Waals surface area contributed by atoms with Crippen molar-refractivity contribution in [3.05, 3.63) is 0 Å². The molecular formula is C15H28N2O2. The molecule has 2 rings (SSSR count). The largest absolute Gasteiger partial charge is 0.383 e. The van der Waals surface area contributed by atoms with E-state index in [2.05, 4.69) is 24.1 Å². The van der Waals surface area contributed by atoms with Crippen LogP contribution in [0.15, 0.2) is 0 Å². The molecule has 1 heterocycles. The SMILES string of the molecule is CCC1NC(C2CCCC2)N(C(CC)COC)C1=O. The minimum atomic E-state index is 0.0107. The quantitative estimate of drug-likeness (QED) is 0.802. The van der Waals surface area contributed by atoms with E-state index in [1.807, 2.05) is 0 Å². The van der Waals surface area contributed by atoms with Crippen molar-refractivity contribution >= 4 is 5.91 Å². The van der Waals surface area contributed by atoms with Gasteiger partial charge in [0.25, 0.3) is 0 Å². The molecule has 0 aromatic heterocycles. The number of amides is 1. The minimum Gasteiger partial charge on any atom is -0.383 e. The van der Waals surface area contributed by atoms with Gasteiger partial charge >= 0.3 is 0 Å². The van der Waals surface area contributed by atoms with Gasteiger partial charge in [-0.2, -0.15) is 0 Å². The molecule has 0 aromatic carbocycles. The summed E-state index contributed by atoms with van der Waals surface area (Å²) in [5.74, 6) is 0.912. The number of ether oxygens (including phenoxy) is 1. The number of carbonyl (C=O) groups excluding carboxylic acids is 1. The Morgan fingerprint density at radius 1 is 1.37 bits per heavy atom. The van der Waals surface area contributed by atoms with Crippen molar-refractivity contribution in [1.29, 1.82) is 0 Å². The molecule has 3 atom stereocenters. The van der Waals surface area contributed by atoms with Gasteiger partial charge in [0, 0.05) is 7.11 Å². The molecule has 1 aliphatic heterocycles. The summed E-state index contributed by atoms with van der Waals surface area (Å²) in [6, 6.07) is 0.226. The summed E-state index contributed by atoms with van der Waals surface area (Å²) in [4.78, 5) is 14.7. The fourth-order valence-corrected chi connectivity index (χ4v) is 3.60. The second kappa shape index (κ2) is 6.71. The molecule has 110 valence electrons. The smallest absolute Gasteiger partial charge is 0.241 e. The molecule has 4 heteroatoms. The lowest BCUT2D eigenvalue weighted by atomic mass is 10.0. The first-order valence-electron chi connectivity index (χ1n) is 7.80. The number of hydrogen-bond acceptors (Lipinski definition) is 3. The van der Waals surface area contributed by atoms with E-state index in [0.717, 1.165) is 12.8 Å². The highest BCUT2D eigenvalue weighted by atomic mass is 16.5. The number of methoxy groups -OCH3 is 1. The molecule has 2 aliphatic rings. The van der Waals surface area contributed by atoms with Gasteiger partial charge in [-0.15, -0.1) is 0 Å². The first-order chi connectivity index (χ1) is 9.22. The van der Waals surface area contributed by atoms with Gasteiger partial charge in [0.2, 0.25) is 5.91 Å². The molecule has 0 aromatic rings. The highest BCUT2D eigenvalue weighted by Crippen LogP contribution is 2.33. The second-order valence-electron chi connectivity index (χ2n) is 5.88. The van der Waals surface area contributed by atoms with Crippen LogP contribution in [0.1, 0.15) is 52.4 Å². The van der Waals surface area contributed by atoms with Crippen LogP contribution in [0, 0.1) is 5.92 Å². The van der Waals surface area contributed by atoms with Gasteiger partial charge in [-0.3, -0.25) is 10.1 Å². The number of hydrogen-bond donors (Lipinski definition) is 1. The van der Waals surface area contributed by atoms with Crippen LogP contribution in [0.4, 0.5) is 0 Å². The fourth-order valence-electron chi connectivity index (χ4n) is 3.60. The number of nitrogens with one attached hydrogen (secondary N) is 1. The van der Waals surface area contributed by atoms with Crippen LogP contribution in [-0.2, 0) is 9.53 Å². The van der Waals surface area contributed by atoms with Crippen LogP contribution in [0.2, 0.25) is 0 Å². The molecule has 0 radical (unpaired) electrons. The Balaban J connectivity index is 2.15. The molecule has 1 saturated carbocycles. The summed E-state index contributed by atoms with van der Waals surface area (Å²) in [6.07, 6.45) is 7.19. The zero-order chi connectivity index (χ0) is 13.8. The van der Waals surface area contributed by atoms with Crippen molar-refractivity contribution in [2.75, 3.05) is 13.7 Å². The monoisotopic (exact) mass is 268 g/mol. The summed E-state index contributed by atoms with van der Waals surface area (Å²) in [5.41, 5.74) is 0. The Hall–Kier alpha value is -0.610. The van der Waals surface area contributed by atoms with Crippen molar-refractivity contribution in [3.63, 3.8) is 0 Å². The van der Waals surface area contributed by atoms with Crippen LogP contribution in [0.3, 0.4) is 0 Å². The average molecular weight is 268 g/mol. The van der Waals surface area contributed by atoms with Gasteiger partial charge in [-0.25, -0.2) is 0 Å². The lowest BCUT2D eigenvalue weighted by molar-refractivity contribution is -0.134. The van der Waals surface area contributed by atoms with Crippen molar-refractivity contribution < 1.29 is 9.53 Å². The van der Waals surface area contributed by atoms with E-state index >= 15 is 0 Å². The van der Waals surface area contributed by atoms with Crippen LogP contribution in [-0.4, -0.2) is 42.8 Å². The third-order valence-corrected chi connectivity index (χ3v) is 4.70. The topological polar surface area (TPSA) is 41.6 Å². The molecule has 1 amide bonds. The Kier molecular flexibility index (Phi) is 5.22. The van der Waals surface area contributed by atoms with Crippen LogP contribution < -0.4 is 5.32 Å². The maximum atomic E-state index is 12.6. The fraction of sp³-hybridized carbons (Fsp3) is 0.933. The number of rotatable bonds is 6. The standard InChI is InChI=1S/C15H28N2O2/c1-4-12(10-19-3)17-14(11-8-6-7-9-11)16-13(5-2)15(17)18/h11-14,16H,4-10H2,1-3H3. The third-order valence-electron chi connectivity index (χ3n) is 4.70. The van der Waals surface area contributed by atoms with Crippen molar-refractivity contribution in [1.82, 2.24) is 10.2 Å². The molecule has 19 heavy (non-hydrogen) atoms. The predicted octanol–water partition coefficient (Wildman–Crippen LogP) is 2.14. The van der Waals surface area contributed by atoms with Crippen LogP contribution in [0.25, 0.3) is 0 Å². The summed E-state index contributed by atoms with van der Waals surface area (Å²) in [6.45, 7) is 4.87. The van der Waals surface area contributed by atoms with E-state index in [0.29, 0.717) is 12.5 Å². The van der Waals surface area contributed by atoms with Crippen LogP contribution in [0.5, 0.6) is 0 Å². The molecule has 2 fully saturated rings. The van der Waals surface area contributed by atoms with Gasteiger partial charge in [0.15, 0.2) is 0 Å². The van der Waals surface area contributed by atoms with Crippen molar-refractivity contribution in [2.45, 2.75) is 70.6 Å². The molecule has 4 nitrogen and oxygen atoms in total. The summed E-state index contributed by atoms with van der Waals surface area (Å²) in [7, 11) is 1.72. The van der Waals surface area contributed by atoms with E-state index in [-0.39, 0.29) is 24.2 Å². The minimum absolute atomic E-state index is 0.0107. The van der Waals surface area contributed by atoms with Gasteiger partial charge < -0.3 is 9.64 Å². The summed E-state index contributed by atoms with van der Waals surface area (Å²) < 4.78 is 5.31. The molecule has 1 aliphatic carbocycles. The number of nitrogens with zero attached hydrogens (tertiary/aromatic N) is 1. The van der Waals surface area contributed by atoms with E-state index in [4.69, 9.17) is 4.74 Å². The van der Waals surface area contributed by atoms with E-state index in [1.165, 1.54) is 25.7 Å². The van der Waals surface area contributed by atoms with Gasteiger partial charge in [0.1, 0.15) is 0 Å². The normalized spacial score (nSPS) is 30.3. The van der Waals surface area contributed by atoms with E-state index < -0.39 is 0 Å². The van der Waals surface area contributed by atoms with Crippen molar-refractivity contribution in [3.8, 4) is 0 Å². The molecule has 3 unspecified atom stereocenters. The first kappa shape index (κ1) is 14.8.